The van der Waals surface area contributed by atoms with Gasteiger partial charge < -0.3 is 4.90 Å². The monoisotopic (exact) mass is 316 g/mol. The van der Waals surface area contributed by atoms with Crippen LogP contribution in [0.4, 0.5) is 5.69 Å². The molecule has 0 bridgehead atoms. The minimum Gasteiger partial charge on any atom is -0.311 e. The van der Waals surface area contributed by atoms with Crippen molar-refractivity contribution in [3.8, 4) is 11.3 Å². The Bertz CT molecular complexity index is 600. The molecule has 3 nitrogen and oxygen atoms in total. The zero-order valence-electron chi connectivity index (χ0n) is 10.3. The molecule has 1 unspecified atom stereocenters. The van der Waals surface area contributed by atoms with E-state index in [4.69, 9.17) is 0 Å². The van der Waals surface area contributed by atoms with Crippen molar-refractivity contribution < 1.29 is 4.79 Å². The molecule has 1 aliphatic heterocycles. The third-order valence-electron chi connectivity index (χ3n) is 3.20. The first-order chi connectivity index (χ1) is 9.24. The van der Waals surface area contributed by atoms with Gasteiger partial charge in [0.2, 0.25) is 5.91 Å². The molecule has 19 heavy (non-hydrogen) atoms. The van der Waals surface area contributed by atoms with Crippen LogP contribution in [0.15, 0.2) is 48.7 Å². The molecule has 1 atom stereocenters. The number of nitrogens with zero attached hydrogens (tertiary/aromatic N) is 2. The summed E-state index contributed by atoms with van der Waals surface area (Å²) in [5, 5.41) is 0. The Labute approximate surface area is 120 Å². The fourth-order valence-corrected chi connectivity index (χ4v) is 2.83. The van der Waals surface area contributed by atoms with Gasteiger partial charge in [-0.2, -0.15) is 0 Å². The van der Waals surface area contributed by atoms with E-state index in [-0.39, 0.29) is 10.7 Å². The molecule has 0 radical (unpaired) electrons. The standard InChI is InChI=1S/C15H13BrN2O/c16-12-8-15(19)18(10-12)13-6-7-17-14(9-13)11-4-2-1-3-5-11/h1-7,9,12H,8,10H2. The Hall–Kier alpha value is -1.68. The van der Waals surface area contributed by atoms with E-state index in [1.807, 2.05) is 47.4 Å². The van der Waals surface area contributed by atoms with Crippen LogP contribution in [0.3, 0.4) is 0 Å². The molecule has 2 heterocycles. The molecule has 1 amide bonds. The Morgan fingerprint density at radius 1 is 1.21 bits per heavy atom. The molecule has 96 valence electrons. The average molecular weight is 317 g/mol. The number of carbonyl (C=O) groups excluding carboxylic acids is 1. The summed E-state index contributed by atoms with van der Waals surface area (Å²) in [6.45, 7) is 0.719. The van der Waals surface area contributed by atoms with Crippen molar-refractivity contribution in [3.63, 3.8) is 0 Å². The summed E-state index contributed by atoms with van der Waals surface area (Å²) in [6.07, 6.45) is 2.31. The minimum absolute atomic E-state index is 0.159. The Morgan fingerprint density at radius 3 is 2.68 bits per heavy atom. The zero-order valence-corrected chi connectivity index (χ0v) is 11.9. The summed E-state index contributed by atoms with van der Waals surface area (Å²) in [6, 6.07) is 13.8. The maximum atomic E-state index is 11.9. The number of rotatable bonds is 2. The number of hydrogen-bond acceptors (Lipinski definition) is 2. The lowest BCUT2D eigenvalue weighted by molar-refractivity contribution is -0.117. The van der Waals surface area contributed by atoms with E-state index in [0.29, 0.717) is 6.42 Å². The summed E-state index contributed by atoms with van der Waals surface area (Å²) >= 11 is 3.50. The van der Waals surface area contributed by atoms with E-state index >= 15 is 0 Å². The van der Waals surface area contributed by atoms with Gasteiger partial charge >= 0.3 is 0 Å². The lowest BCUT2D eigenvalue weighted by atomic mass is 10.1. The van der Waals surface area contributed by atoms with E-state index in [9.17, 15) is 4.79 Å². The van der Waals surface area contributed by atoms with E-state index in [2.05, 4.69) is 20.9 Å². The molecule has 2 aromatic rings. The first kappa shape index (κ1) is 12.4. The maximum Gasteiger partial charge on any atom is 0.228 e. The highest BCUT2D eigenvalue weighted by Gasteiger charge is 2.28. The van der Waals surface area contributed by atoms with Crippen LogP contribution >= 0.6 is 15.9 Å². The number of aromatic nitrogens is 1. The number of halogens is 1. The zero-order chi connectivity index (χ0) is 13.2. The van der Waals surface area contributed by atoms with Gasteiger partial charge in [-0.1, -0.05) is 46.3 Å². The molecule has 0 saturated carbocycles. The quantitative estimate of drug-likeness (QED) is 0.797. The van der Waals surface area contributed by atoms with Crippen molar-refractivity contribution in [1.29, 1.82) is 0 Å². The predicted octanol–water partition coefficient (Wildman–Crippen LogP) is 3.25. The van der Waals surface area contributed by atoms with E-state index in [1.165, 1.54) is 0 Å². The van der Waals surface area contributed by atoms with Crippen LogP contribution in [0.5, 0.6) is 0 Å². The largest absolute Gasteiger partial charge is 0.311 e. The highest BCUT2D eigenvalue weighted by atomic mass is 79.9. The summed E-state index contributed by atoms with van der Waals surface area (Å²) in [5.41, 5.74) is 2.87. The number of amides is 1. The molecule has 0 N–H and O–H groups in total. The van der Waals surface area contributed by atoms with Crippen molar-refractivity contribution >= 4 is 27.5 Å². The topological polar surface area (TPSA) is 33.2 Å². The number of alkyl halides is 1. The fraction of sp³-hybridized carbons (Fsp3) is 0.200. The first-order valence-corrected chi connectivity index (χ1v) is 7.11. The summed E-state index contributed by atoms with van der Waals surface area (Å²) in [4.78, 5) is 18.3. The lowest BCUT2D eigenvalue weighted by Crippen LogP contribution is -2.24. The van der Waals surface area contributed by atoms with Crippen molar-refractivity contribution in [2.24, 2.45) is 0 Å². The van der Waals surface area contributed by atoms with Gasteiger partial charge in [0.05, 0.1) is 5.69 Å². The molecule has 1 fully saturated rings. The van der Waals surface area contributed by atoms with Crippen molar-refractivity contribution in [2.75, 3.05) is 11.4 Å². The summed E-state index contributed by atoms with van der Waals surface area (Å²) in [7, 11) is 0. The Balaban J connectivity index is 1.95. The van der Waals surface area contributed by atoms with Gasteiger partial charge in [-0.25, -0.2) is 0 Å². The first-order valence-electron chi connectivity index (χ1n) is 6.20. The summed E-state index contributed by atoms with van der Waals surface area (Å²) in [5.74, 6) is 0.159. The molecule has 1 aliphatic rings. The van der Waals surface area contributed by atoms with Gasteiger partial charge in [0.25, 0.3) is 0 Å². The van der Waals surface area contributed by atoms with Crippen LogP contribution in [0.1, 0.15) is 6.42 Å². The maximum absolute atomic E-state index is 11.9. The van der Waals surface area contributed by atoms with Crippen molar-refractivity contribution in [3.05, 3.63) is 48.7 Å². The molecular weight excluding hydrogens is 304 g/mol. The van der Waals surface area contributed by atoms with Gasteiger partial charge in [0.1, 0.15) is 0 Å². The van der Waals surface area contributed by atoms with Gasteiger partial charge in [0.15, 0.2) is 0 Å². The van der Waals surface area contributed by atoms with Crippen LogP contribution in [-0.4, -0.2) is 22.3 Å². The van der Waals surface area contributed by atoms with Gasteiger partial charge in [0, 0.05) is 35.2 Å². The highest BCUT2D eigenvalue weighted by molar-refractivity contribution is 9.09. The Morgan fingerprint density at radius 2 is 2.00 bits per heavy atom. The van der Waals surface area contributed by atoms with E-state index < -0.39 is 0 Å². The number of pyridine rings is 1. The van der Waals surface area contributed by atoms with Crippen molar-refractivity contribution in [2.45, 2.75) is 11.2 Å². The predicted molar refractivity (Wildman–Crippen MR) is 79.4 cm³/mol. The van der Waals surface area contributed by atoms with Crippen LogP contribution in [0.2, 0.25) is 0 Å². The minimum atomic E-state index is 0.159. The van der Waals surface area contributed by atoms with Crippen LogP contribution in [0, 0.1) is 0 Å². The smallest absolute Gasteiger partial charge is 0.228 e. The third-order valence-corrected chi connectivity index (χ3v) is 3.82. The van der Waals surface area contributed by atoms with Crippen LogP contribution in [-0.2, 0) is 4.79 Å². The molecule has 3 rings (SSSR count). The molecule has 1 aromatic carbocycles. The molecule has 0 spiro atoms. The lowest BCUT2D eigenvalue weighted by Gasteiger charge is -2.16. The second-order valence-corrected chi connectivity index (χ2v) is 5.87. The SMILES string of the molecule is O=C1CC(Br)CN1c1ccnc(-c2ccccc2)c1. The third kappa shape index (κ3) is 2.54. The molecule has 4 heteroatoms. The molecule has 1 saturated heterocycles. The van der Waals surface area contributed by atoms with Crippen LogP contribution < -0.4 is 4.90 Å². The highest BCUT2D eigenvalue weighted by Crippen LogP contribution is 2.27. The summed E-state index contributed by atoms with van der Waals surface area (Å²) < 4.78 is 0. The van der Waals surface area contributed by atoms with E-state index in [1.54, 1.807) is 6.20 Å². The fourth-order valence-electron chi connectivity index (χ4n) is 2.27. The second kappa shape index (κ2) is 5.13. The molecular formula is C15H13BrN2O. The van der Waals surface area contributed by atoms with Gasteiger partial charge in [-0.15, -0.1) is 0 Å². The molecule has 1 aromatic heterocycles. The molecule has 0 aliphatic carbocycles. The number of hydrogen-bond donors (Lipinski definition) is 0. The average Bonchev–Trinajstić information content (AvgIpc) is 2.79. The Kier molecular flexibility index (Phi) is 3.34. The van der Waals surface area contributed by atoms with Crippen molar-refractivity contribution in [1.82, 2.24) is 4.98 Å². The number of benzene rings is 1. The van der Waals surface area contributed by atoms with Crippen LogP contribution in [0.25, 0.3) is 11.3 Å². The normalized spacial score (nSPS) is 18.9. The number of anilines is 1. The van der Waals surface area contributed by atoms with Gasteiger partial charge in [-0.05, 0) is 12.1 Å². The van der Waals surface area contributed by atoms with Gasteiger partial charge in [-0.3, -0.25) is 9.78 Å². The second-order valence-electron chi connectivity index (χ2n) is 4.57. The van der Waals surface area contributed by atoms with E-state index in [0.717, 1.165) is 23.5 Å². The number of carbonyl (C=O) groups is 1.